The molecule has 1 aliphatic heterocycles. The van der Waals surface area contributed by atoms with Gasteiger partial charge in [-0.15, -0.1) is 5.10 Å². The summed E-state index contributed by atoms with van der Waals surface area (Å²) in [4.78, 5) is 32.9. The minimum Gasteiger partial charge on any atom is -0.459 e. The molecule has 140 valence electrons. The highest BCUT2D eigenvalue weighted by molar-refractivity contribution is 7.16. The zero-order valence-corrected chi connectivity index (χ0v) is 16.2. The van der Waals surface area contributed by atoms with Crippen molar-refractivity contribution < 1.29 is 14.0 Å². The maximum absolute atomic E-state index is 12.9. The van der Waals surface area contributed by atoms with Gasteiger partial charge in [0.1, 0.15) is 4.88 Å². The first kappa shape index (κ1) is 17.8. The molecule has 0 atom stereocenters. The molecule has 0 spiro atoms. The summed E-state index contributed by atoms with van der Waals surface area (Å²) in [5.74, 6) is -0.131. The molecular formula is C17H17N5O3S2. The van der Waals surface area contributed by atoms with Crippen LogP contribution in [0.3, 0.4) is 0 Å². The highest BCUT2D eigenvalue weighted by Crippen LogP contribution is 2.30. The van der Waals surface area contributed by atoms with Crippen molar-refractivity contribution in [3.8, 4) is 0 Å². The van der Waals surface area contributed by atoms with Crippen molar-refractivity contribution in [2.75, 3.05) is 11.9 Å². The Kier molecular flexibility index (Phi) is 4.99. The summed E-state index contributed by atoms with van der Waals surface area (Å²) < 4.78 is 9.03. The molecule has 0 fully saturated rings. The number of carbonyl (C=O) groups excluding carboxylic acids is 2. The van der Waals surface area contributed by atoms with Crippen LogP contribution in [0.25, 0.3) is 0 Å². The number of fused-ring (bicyclic) bond motifs is 1. The van der Waals surface area contributed by atoms with Crippen molar-refractivity contribution in [3.63, 3.8) is 0 Å². The lowest BCUT2D eigenvalue weighted by atomic mass is 10.1. The van der Waals surface area contributed by atoms with Crippen LogP contribution >= 0.6 is 22.9 Å². The van der Waals surface area contributed by atoms with Gasteiger partial charge in [0.2, 0.25) is 0 Å². The predicted octanol–water partition coefficient (Wildman–Crippen LogP) is 2.99. The predicted molar refractivity (Wildman–Crippen MR) is 101 cm³/mol. The number of carbonyl (C=O) groups is 2. The van der Waals surface area contributed by atoms with Crippen molar-refractivity contribution in [2.24, 2.45) is 0 Å². The number of rotatable bonds is 5. The molecule has 0 saturated carbocycles. The van der Waals surface area contributed by atoms with Crippen molar-refractivity contribution in [1.29, 1.82) is 0 Å². The van der Waals surface area contributed by atoms with Gasteiger partial charge in [-0.2, -0.15) is 0 Å². The summed E-state index contributed by atoms with van der Waals surface area (Å²) in [6.07, 6.45) is 3.78. The monoisotopic (exact) mass is 403 g/mol. The molecule has 0 aliphatic carbocycles. The maximum atomic E-state index is 12.9. The Bertz CT molecular complexity index is 963. The van der Waals surface area contributed by atoms with Gasteiger partial charge in [0.25, 0.3) is 11.8 Å². The number of nitrogens with zero attached hydrogens (tertiary/aromatic N) is 4. The lowest BCUT2D eigenvalue weighted by Gasteiger charge is -2.25. The molecule has 0 aromatic carbocycles. The molecular weight excluding hydrogens is 386 g/mol. The second-order valence-electron chi connectivity index (χ2n) is 6.10. The SMILES string of the molecule is CCCc1nnsc1C(=O)N1CCc2nc(NC(=O)c3ccco3)sc2C1. The Labute approximate surface area is 163 Å². The molecule has 0 bridgehead atoms. The van der Waals surface area contributed by atoms with Gasteiger partial charge < -0.3 is 9.32 Å². The third-order valence-corrected chi connectivity index (χ3v) is 5.97. The summed E-state index contributed by atoms with van der Waals surface area (Å²) in [6.45, 7) is 3.12. The van der Waals surface area contributed by atoms with E-state index in [9.17, 15) is 9.59 Å². The topological polar surface area (TPSA) is 101 Å². The Morgan fingerprint density at radius 1 is 1.41 bits per heavy atom. The average Bonchev–Trinajstić information content (AvgIpc) is 3.41. The number of aromatic nitrogens is 3. The summed E-state index contributed by atoms with van der Waals surface area (Å²) in [5.41, 5.74) is 1.70. The molecule has 0 saturated heterocycles. The van der Waals surface area contributed by atoms with E-state index in [2.05, 4.69) is 26.8 Å². The molecule has 3 aromatic rings. The number of thiazole rings is 1. The van der Waals surface area contributed by atoms with Gasteiger partial charge in [-0.25, -0.2) is 4.98 Å². The lowest BCUT2D eigenvalue weighted by Crippen LogP contribution is -2.35. The largest absolute Gasteiger partial charge is 0.459 e. The van der Waals surface area contributed by atoms with Crippen molar-refractivity contribution in [1.82, 2.24) is 19.5 Å². The van der Waals surface area contributed by atoms with Crippen LogP contribution in [0.1, 0.15) is 49.8 Å². The number of nitrogens with one attached hydrogen (secondary N) is 1. The minimum absolute atomic E-state index is 0.0336. The van der Waals surface area contributed by atoms with Crippen molar-refractivity contribution >= 4 is 39.8 Å². The number of amides is 2. The van der Waals surface area contributed by atoms with Crippen LogP contribution in [-0.2, 0) is 19.4 Å². The van der Waals surface area contributed by atoms with E-state index in [-0.39, 0.29) is 17.6 Å². The fourth-order valence-corrected chi connectivity index (χ4v) is 4.60. The number of furan rings is 1. The summed E-state index contributed by atoms with van der Waals surface area (Å²) in [5, 5.41) is 7.35. The van der Waals surface area contributed by atoms with Crippen LogP contribution in [0, 0.1) is 0 Å². The quantitative estimate of drug-likeness (QED) is 0.703. The molecule has 8 nitrogen and oxygen atoms in total. The number of hydrogen-bond acceptors (Lipinski definition) is 8. The third-order valence-electron chi connectivity index (χ3n) is 4.22. The first-order valence-electron chi connectivity index (χ1n) is 8.59. The van der Waals surface area contributed by atoms with Crippen LogP contribution in [0.4, 0.5) is 5.13 Å². The standard InChI is InChI=1S/C17H17N5O3S2/c1-2-4-11-14(27-21-20-11)16(24)22-7-6-10-13(9-22)26-17(18-10)19-15(23)12-5-3-8-25-12/h3,5,8H,2,4,6-7,9H2,1H3,(H,18,19,23). The fraction of sp³-hybridized carbons (Fsp3) is 0.353. The zero-order chi connectivity index (χ0) is 18.8. The summed E-state index contributed by atoms with van der Waals surface area (Å²) in [7, 11) is 0. The number of anilines is 1. The first-order chi connectivity index (χ1) is 13.2. The van der Waals surface area contributed by atoms with Crippen LogP contribution < -0.4 is 5.32 Å². The fourth-order valence-electron chi connectivity index (χ4n) is 2.90. The van der Waals surface area contributed by atoms with E-state index < -0.39 is 0 Å². The molecule has 0 radical (unpaired) electrons. The Balaban J connectivity index is 1.47. The van der Waals surface area contributed by atoms with Gasteiger partial charge in [-0.1, -0.05) is 29.2 Å². The number of aryl methyl sites for hydroxylation is 1. The second-order valence-corrected chi connectivity index (χ2v) is 7.93. The lowest BCUT2D eigenvalue weighted by molar-refractivity contribution is 0.0739. The molecule has 4 heterocycles. The highest BCUT2D eigenvalue weighted by atomic mass is 32.1. The van der Waals surface area contributed by atoms with E-state index in [1.165, 1.54) is 17.6 Å². The first-order valence-corrected chi connectivity index (χ1v) is 10.2. The van der Waals surface area contributed by atoms with Crippen LogP contribution in [0.2, 0.25) is 0 Å². The highest BCUT2D eigenvalue weighted by Gasteiger charge is 2.28. The van der Waals surface area contributed by atoms with Crippen LogP contribution in [0.15, 0.2) is 22.8 Å². The Hall–Kier alpha value is -2.59. The van der Waals surface area contributed by atoms with Gasteiger partial charge in [0.15, 0.2) is 10.9 Å². The maximum Gasteiger partial charge on any atom is 0.293 e. The Morgan fingerprint density at radius 3 is 3.07 bits per heavy atom. The summed E-state index contributed by atoms with van der Waals surface area (Å²) in [6, 6.07) is 3.26. The molecule has 27 heavy (non-hydrogen) atoms. The van der Waals surface area contributed by atoms with E-state index in [1.807, 2.05) is 0 Å². The van der Waals surface area contributed by atoms with Gasteiger partial charge in [0.05, 0.1) is 24.2 Å². The molecule has 3 aromatic heterocycles. The van der Waals surface area contributed by atoms with E-state index >= 15 is 0 Å². The number of hydrogen-bond donors (Lipinski definition) is 1. The van der Waals surface area contributed by atoms with Gasteiger partial charge in [-0.05, 0) is 30.1 Å². The smallest absolute Gasteiger partial charge is 0.293 e. The second kappa shape index (κ2) is 7.57. The van der Waals surface area contributed by atoms with Crippen molar-refractivity contribution in [2.45, 2.75) is 32.7 Å². The minimum atomic E-state index is -0.334. The van der Waals surface area contributed by atoms with E-state index in [1.54, 1.807) is 17.0 Å². The molecule has 1 aliphatic rings. The van der Waals surface area contributed by atoms with Crippen LogP contribution in [-0.4, -0.2) is 37.8 Å². The molecule has 0 unspecified atom stereocenters. The normalized spacial score (nSPS) is 13.4. The molecule has 10 heteroatoms. The molecule has 4 rings (SSSR count). The van der Waals surface area contributed by atoms with Gasteiger partial charge >= 0.3 is 0 Å². The van der Waals surface area contributed by atoms with E-state index in [0.717, 1.165) is 40.6 Å². The Morgan fingerprint density at radius 2 is 2.30 bits per heavy atom. The van der Waals surface area contributed by atoms with E-state index in [0.29, 0.717) is 29.5 Å². The van der Waals surface area contributed by atoms with Crippen molar-refractivity contribution in [3.05, 3.63) is 45.3 Å². The summed E-state index contributed by atoms with van der Waals surface area (Å²) >= 11 is 2.54. The van der Waals surface area contributed by atoms with E-state index in [4.69, 9.17) is 4.42 Å². The molecule has 2 amide bonds. The zero-order valence-electron chi connectivity index (χ0n) is 14.6. The van der Waals surface area contributed by atoms with Gasteiger partial charge in [0, 0.05) is 17.8 Å². The third kappa shape index (κ3) is 3.62. The molecule has 1 N–H and O–H groups in total. The van der Waals surface area contributed by atoms with Gasteiger partial charge in [-0.3, -0.25) is 14.9 Å². The average molecular weight is 403 g/mol. The van der Waals surface area contributed by atoms with Crippen LogP contribution in [0.5, 0.6) is 0 Å².